The highest BCUT2D eigenvalue weighted by atomic mass is 79.9. The molecule has 2 rings (SSSR count). The minimum atomic E-state index is -0.749. The van der Waals surface area contributed by atoms with Gasteiger partial charge in [-0.15, -0.1) is 0 Å². The fourth-order valence-electron chi connectivity index (χ4n) is 1.47. The minimum absolute atomic E-state index is 0.0241. The second kappa shape index (κ2) is 8.15. The van der Waals surface area contributed by atoms with Gasteiger partial charge in [0.2, 0.25) is 5.75 Å². The van der Waals surface area contributed by atoms with Gasteiger partial charge >= 0.3 is 5.69 Å². The predicted molar refractivity (Wildman–Crippen MR) is 92.1 cm³/mol. The minimum Gasteiger partial charge on any atom is -0.505 e. The molecule has 0 fully saturated rings. The zero-order chi connectivity index (χ0) is 18.4. The number of halogens is 2. The third-order valence-corrected chi connectivity index (χ3v) is 3.80. The Hall–Kier alpha value is -2.82. The van der Waals surface area contributed by atoms with Crippen LogP contribution in [-0.4, -0.2) is 15.1 Å². The maximum Gasteiger partial charge on any atom is 0.313 e. The van der Waals surface area contributed by atoms with Gasteiger partial charge in [-0.05, 0) is 50.1 Å². The van der Waals surface area contributed by atoms with Gasteiger partial charge in [-0.2, -0.15) is 10.5 Å². The molecule has 0 atom stereocenters. The van der Waals surface area contributed by atoms with Crippen LogP contribution in [0.2, 0.25) is 0 Å². The zero-order valence-electron chi connectivity index (χ0n) is 11.7. The number of nitro benzene ring substituents is 1. The molecule has 0 spiro atoms. The summed E-state index contributed by atoms with van der Waals surface area (Å²) in [6, 6.07) is 8.90. The van der Waals surface area contributed by atoms with Gasteiger partial charge in [0.15, 0.2) is 5.75 Å². The fourth-order valence-corrected chi connectivity index (χ4v) is 2.40. The molecule has 0 heterocycles. The van der Waals surface area contributed by atoms with Crippen LogP contribution in [-0.2, 0) is 0 Å². The van der Waals surface area contributed by atoms with Crippen molar-refractivity contribution in [3.63, 3.8) is 0 Å². The molecule has 24 heavy (non-hydrogen) atoms. The van der Waals surface area contributed by atoms with Crippen molar-refractivity contribution >= 4 is 43.2 Å². The standard InChI is InChI=1S/C7H3BrN2O3.C7H5BrN2O/c8-5-1-4(3-9)2-6(7(5)11)10(12)13;8-5-1-4(3-9)2-6(10)7(5)11/h1-2,11H;1-2,11H,10H2. The lowest BCUT2D eigenvalue weighted by Gasteiger charge is -2.00. The molecule has 0 saturated heterocycles. The van der Waals surface area contributed by atoms with E-state index in [9.17, 15) is 15.2 Å². The summed E-state index contributed by atoms with van der Waals surface area (Å²) in [7, 11) is 0. The molecule has 0 aliphatic carbocycles. The first-order valence-corrected chi connectivity index (χ1v) is 7.55. The molecule has 0 unspecified atom stereocenters. The van der Waals surface area contributed by atoms with Crippen LogP contribution in [0.1, 0.15) is 11.1 Å². The number of phenolic OH excluding ortho intramolecular Hbond substituents is 2. The quantitative estimate of drug-likeness (QED) is 0.256. The number of nitrogens with zero attached hydrogens (tertiary/aromatic N) is 3. The largest absolute Gasteiger partial charge is 0.505 e. The van der Waals surface area contributed by atoms with E-state index in [0.717, 1.165) is 6.07 Å². The second-order valence-electron chi connectivity index (χ2n) is 4.20. The van der Waals surface area contributed by atoms with Crippen molar-refractivity contribution in [2.45, 2.75) is 0 Å². The van der Waals surface area contributed by atoms with Crippen LogP contribution in [0.15, 0.2) is 33.2 Å². The van der Waals surface area contributed by atoms with E-state index >= 15 is 0 Å². The van der Waals surface area contributed by atoms with E-state index in [0.29, 0.717) is 10.0 Å². The summed E-state index contributed by atoms with van der Waals surface area (Å²) >= 11 is 5.96. The number of phenols is 2. The Morgan fingerprint density at radius 1 is 1.00 bits per heavy atom. The molecule has 4 N–H and O–H groups in total. The van der Waals surface area contributed by atoms with Crippen molar-refractivity contribution in [3.05, 3.63) is 54.5 Å². The van der Waals surface area contributed by atoms with Gasteiger partial charge in [-0.3, -0.25) is 10.1 Å². The molecule has 122 valence electrons. The second-order valence-corrected chi connectivity index (χ2v) is 5.91. The number of rotatable bonds is 1. The first kappa shape index (κ1) is 19.2. The monoisotopic (exact) mass is 454 g/mol. The van der Waals surface area contributed by atoms with Gasteiger partial charge in [0.05, 0.1) is 42.8 Å². The molecule has 10 heteroatoms. The van der Waals surface area contributed by atoms with Crippen molar-refractivity contribution in [2.24, 2.45) is 0 Å². The van der Waals surface area contributed by atoms with E-state index in [1.807, 2.05) is 6.07 Å². The first-order valence-electron chi connectivity index (χ1n) is 5.96. The summed E-state index contributed by atoms with van der Waals surface area (Å²) in [5.41, 5.74) is 5.63. The van der Waals surface area contributed by atoms with E-state index in [4.69, 9.17) is 21.4 Å². The lowest BCUT2D eigenvalue weighted by molar-refractivity contribution is -0.386. The van der Waals surface area contributed by atoms with Crippen LogP contribution in [0.5, 0.6) is 11.5 Å². The van der Waals surface area contributed by atoms with Crippen molar-refractivity contribution in [2.75, 3.05) is 5.73 Å². The Labute approximate surface area is 152 Å². The van der Waals surface area contributed by atoms with Crippen LogP contribution in [0.4, 0.5) is 11.4 Å². The molecule has 0 radical (unpaired) electrons. The van der Waals surface area contributed by atoms with Gasteiger partial charge in [0.25, 0.3) is 0 Å². The van der Waals surface area contributed by atoms with Crippen LogP contribution >= 0.6 is 31.9 Å². The molecule has 0 aliphatic rings. The smallest absolute Gasteiger partial charge is 0.313 e. The first-order chi connectivity index (χ1) is 11.2. The maximum atomic E-state index is 10.4. The number of nitriles is 2. The van der Waals surface area contributed by atoms with Crippen LogP contribution in [0.3, 0.4) is 0 Å². The Morgan fingerprint density at radius 2 is 1.46 bits per heavy atom. The lowest BCUT2D eigenvalue weighted by Crippen LogP contribution is -1.90. The molecule has 0 aromatic heterocycles. The molecule has 2 aromatic rings. The number of anilines is 1. The Balaban J connectivity index is 0.000000243. The summed E-state index contributed by atoms with van der Waals surface area (Å²) in [6.45, 7) is 0. The van der Waals surface area contributed by atoms with Crippen LogP contribution in [0.25, 0.3) is 0 Å². The third kappa shape index (κ3) is 4.59. The number of nitro groups is 1. The topological polar surface area (TPSA) is 157 Å². The van der Waals surface area contributed by atoms with Gasteiger partial charge in [-0.25, -0.2) is 0 Å². The summed E-state index contributed by atoms with van der Waals surface area (Å²) in [6.07, 6.45) is 0. The summed E-state index contributed by atoms with van der Waals surface area (Å²) < 4.78 is 0.576. The third-order valence-electron chi connectivity index (χ3n) is 2.59. The molecule has 0 amide bonds. The number of nitrogen functional groups attached to an aromatic ring is 1. The Kier molecular flexibility index (Phi) is 6.53. The predicted octanol–water partition coefficient (Wildman–Crippen LogP) is 3.54. The highest BCUT2D eigenvalue weighted by Crippen LogP contribution is 2.34. The molecular weight excluding hydrogens is 448 g/mol. The van der Waals surface area contributed by atoms with E-state index < -0.39 is 16.4 Å². The van der Waals surface area contributed by atoms with Crippen molar-refractivity contribution < 1.29 is 15.1 Å². The summed E-state index contributed by atoms with van der Waals surface area (Å²) in [5, 5.41) is 45.6. The average Bonchev–Trinajstić information content (AvgIpc) is 2.54. The van der Waals surface area contributed by atoms with Crippen LogP contribution in [0, 0.1) is 32.8 Å². The normalized spacial score (nSPS) is 9.17. The van der Waals surface area contributed by atoms with E-state index in [2.05, 4.69) is 31.9 Å². The summed E-state index contributed by atoms with van der Waals surface area (Å²) in [4.78, 5) is 9.61. The van der Waals surface area contributed by atoms with E-state index in [1.54, 1.807) is 6.07 Å². The molecular formula is C14H8Br2N4O4. The fraction of sp³-hybridized carbons (Fsp3) is 0. The van der Waals surface area contributed by atoms with Crippen molar-refractivity contribution in [1.82, 2.24) is 0 Å². The highest BCUT2D eigenvalue weighted by molar-refractivity contribution is 9.10. The lowest BCUT2D eigenvalue weighted by atomic mass is 10.2. The average molecular weight is 456 g/mol. The van der Waals surface area contributed by atoms with E-state index in [-0.39, 0.29) is 21.5 Å². The maximum absolute atomic E-state index is 10.4. The number of hydrogen-bond acceptors (Lipinski definition) is 7. The number of benzene rings is 2. The highest BCUT2D eigenvalue weighted by Gasteiger charge is 2.17. The van der Waals surface area contributed by atoms with E-state index in [1.165, 1.54) is 18.2 Å². The molecule has 0 saturated carbocycles. The number of aromatic hydroxyl groups is 2. The van der Waals surface area contributed by atoms with Crippen LogP contribution < -0.4 is 5.73 Å². The molecule has 2 aromatic carbocycles. The number of hydrogen-bond donors (Lipinski definition) is 3. The Morgan fingerprint density at radius 3 is 1.88 bits per heavy atom. The zero-order valence-corrected chi connectivity index (χ0v) is 14.9. The van der Waals surface area contributed by atoms with Crippen molar-refractivity contribution in [1.29, 1.82) is 10.5 Å². The van der Waals surface area contributed by atoms with Gasteiger partial charge in [0, 0.05) is 6.07 Å². The van der Waals surface area contributed by atoms with Crippen molar-refractivity contribution in [3.8, 4) is 23.6 Å². The van der Waals surface area contributed by atoms with Gasteiger partial charge in [-0.1, -0.05) is 0 Å². The van der Waals surface area contributed by atoms with Gasteiger partial charge < -0.3 is 15.9 Å². The molecule has 0 aliphatic heterocycles. The van der Waals surface area contributed by atoms with Gasteiger partial charge in [0.1, 0.15) is 0 Å². The SMILES string of the molecule is N#Cc1cc(Br)c(O)c([N+](=O)[O-])c1.N#Cc1cc(N)c(O)c(Br)c1. The molecule has 0 bridgehead atoms. The Bertz CT molecular complexity index is 865. The number of nitrogens with two attached hydrogens (primary N) is 1. The molecule has 8 nitrogen and oxygen atoms in total. The summed E-state index contributed by atoms with van der Waals surface area (Å²) in [5.74, 6) is -0.493.